The lowest BCUT2D eigenvalue weighted by atomic mass is 9.86. The van der Waals surface area contributed by atoms with Crippen LogP contribution in [0.3, 0.4) is 0 Å². The summed E-state index contributed by atoms with van der Waals surface area (Å²) in [5, 5.41) is 14.4. The summed E-state index contributed by atoms with van der Waals surface area (Å²) < 4.78 is 0. The molecule has 0 amide bonds. The Labute approximate surface area is 97.7 Å². The van der Waals surface area contributed by atoms with Gasteiger partial charge in [-0.1, -0.05) is 6.42 Å². The number of carbonyl (C=O) groups is 1. The van der Waals surface area contributed by atoms with Crippen LogP contribution in [0.4, 0.5) is 5.13 Å². The Bertz CT molecular complexity index is 376. The van der Waals surface area contributed by atoms with Gasteiger partial charge in [-0.3, -0.25) is 4.79 Å². The first-order valence-corrected chi connectivity index (χ1v) is 6.22. The van der Waals surface area contributed by atoms with Crippen molar-refractivity contribution in [3.63, 3.8) is 0 Å². The van der Waals surface area contributed by atoms with Gasteiger partial charge in [-0.15, -0.1) is 11.3 Å². The van der Waals surface area contributed by atoms with Crippen LogP contribution in [0, 0.1) is 5.92 Å². The van der Waals surface area contributed by atoms with Gasteiger partial charge in [0.05, 0.1) is 5.69 Å². The Hall–Kier alpha value is -1.14. The second kappa shape index (κ2) is 4.80. The predicted octanol–water partition coefficient (Wildman–Crippen LogP) is 1.44. The summed E-state index contributed by atoms with van der Waals surface area (Å²) in [6.07, 6.45) is 3.87. The number of carboxylic acid groups (broad SMARTS) is 1. The fourth-order valence-corrected chi connectivity index (χ4v) is 2.32. The van der Waals surface area contributed by atoms with E-state index in [1.165, 1.54) is 30.6 Å². The van der Waals surface area contributed by atoms with Crippen molar-refractivity contribution in [1.82, 2.24) is 4.98 Å². The molecular weight excluding hydrogens is 226 g/mol. The van der Waals surface area contributed by atoms with Gasteiger partial charge in [0, 0.05) is 11.9 Å². The summed E-state index contributed by atoms with van der Waals surface area (Å²) in [6, 6.07) is -1.02. The van der Waals surface area contributed by atoms with Crippen molar-refractivity contribution in [2.24, 2.45) is 11.7 Å². The molecule has 1 aromatic rings. The van der Waals surface area contributed by atoms with Crippen molar-refractivity contribution < 1.29 is 9.90 Å². The number of hydrogen-bond acceptors (Lipinski definition) is 5. The second-order valence-corrected chi connectivity index (χ2v) is 4.93. The zero-order chi connectivity index (χ0) is 11.5. The zero-order valence-corrected chi connectivity index (χ0v) is 9.67. The molecule has 0 aliphatic heterocycles. The average molecular weight is 241 g/mol. The number of nitrogens with one attached hydrogen (secondary N) is 1. The minimum absolute atomic E-state index is 0.425. The monoisotopic (exact) mass is 241 g/mol. The van der Waals surface area contributed by atoms with Crippen molar-refractivity contribution in [2.75, 3.05) is 11.9 Å². The molecule has 4 N–H and O–H groups in total. The number of nitrogens with two attached hydrogens (primary N) is 1. The van der Waals surface area contributed by atoms with Crippen LogP contribution in [-0.4, -0.2) is 22.6 Å². The van der Waals surface area contributed by atoms with Crippen LogP contribution in [0.25, 0.3) is 0 Å². The molecule has 1 aliphatic carbocycles. The highest BCUT2D eigenvalue weighted by Crippen LogP contribution is 2.27. The first-order chi connectivity index (χ1) is 7.66. The zero-order valence-electron chi connectivity index (χ0n) is 8.85. The molecule has 1 saturated carbocycles. The molecule has 1 aromatic heterocycles. The first-order valence-electron chi connectivity index (χ1n) is 5.34. The van der Waals surface area contributed by atoms with Crippen molar-refractivity contribution in [1.29, 1.82) is 0 Å². The summed E-state index contributed by atoms with van der Waals surface area (Å²) >= 11 is 1.41. The molecule has 0 aromatic carbocycles. The maximum atomic E-state index is 10.6. The Kier molecular flexibility index (Phi) is 3.40. The predicted molar refractivity (Wildman–Crippen MR) is 62.5 cm³/mol. The van der Waals surface area contributed by atoms with Crippen LogP contribution >= 0.6 is 11.3 Å². The van der Waals surface area contributed by atoms with Gasteiger partial charge in [0.15, 0.2) is 5.13 Å². The maximum absolute atomic E-state index is 10.6. The molecule has 1 aliphatic rings. The van der Waals surface area contributed by atoms with Crippen LogP contribution in [0.15, 0.2) is 5.38 Å². The number of anilines is 1. The third-order valence-electron chi connectivity index (χ3n) is 2.87. The molecule has 88 valence electrons. The quantitative estimate of drug-likeness (QED) is 0.726. The fraction of sp³-hybridized carbons (Fsp3) is 0.600. The highest BCUT2D eigenvalue weighted by Gasteiger charge is 2.19. The third-order valence-corrected chi connectivity index (χ3v) is 3.69. The summed E-state index contributed by atoms with van der Waals surface area (Å²) in [6.45, 7) is 0.926. The minimum atomic E-state index is -1.05. The smallest absolute Gasteiger partial charge is 0.326 e. The van der Waals surface area contributed by atoms with Crippen LogP contribution in [-0.2, 0) is 4.79 Å². The largest absolute Gasteiger partial charge is 0.480 e. The summed E-state index contributed by atoms with van der Waals surface area (Å²) in [5.41, 5.74) is 5.89. The maximum Gasteiger partial charge on any atom is 0.326 e. The van der Waals surface area contributed by atoms with E-state index in [1.807, 2.05) is 0 Å². The lowest BCUT2D eigenvalue weighted by Crippen LogP contribution is -2.22. The molecule has 0 radical (unpaired) electrons. The van der Waals surface area contributed by atoms with Crippen molar-refractivity contribution in [3.05, 3.63) is 11.1 Å². The van der Waals surface area contributed by atoms with E-state index in [4.69, 9.17) is 10.8 Å². The van der Waals surface area contributed by atoms with Crippen LogP contribution < -0.4 is 11.1 Å². The van der Waals surface area contributed by atoms with E-state index >= 15 is 0 Å². The summed E-state index contributed by atoms with van der Waals surface area (Å²) in [7, 11) is 0. The Morgan fingerprint density at radius 3 is 3.06 bits per heavy atom. The van der Waals surface area contributed by atoms with Gasteiger partial charge in [0.25, 0.3) is 0 Å². The topological polar surface area (TPSA) is 88.2 Å². The molecule has 1 heterocycles. The van der Waals surface area contributed by atoms with E-state index in [1.54, 1.807) is 5.38 Å². The van der Waals surface area contributed by atoms with E-state index < -0.39 is 12.0 Å². The van der Waals surface area contributed by atoms with E-state index in [2.05, 4.69) is 10.3 Å². The molecule has 16 heavy (non-hydrogen) atoms. The standard InChI is InChI=1S/C10H15N3O2S/c11-8(9(14)15)7-5-16-10(13-7)12-4-6-2-1-3-6/h5-6,8H,1-4,11H2,(H,12,13)(H,14,15). The number of aromatic nitrogens is 1. The van der Waals surface area contributed by atoms with E-state index in [9.17, 15) is 4.79 Å². The van der Waals surface area contributed by atoms with Gasteiger partial charge in [0.2, 0.25) is 0 Å². The molecule has 5 nitrogen and oxygen atoms in total. The van der Waals surface area contributed by atoms with Gasteiger partial charge in [-0.25, -0.2) is 4.98 Å². The van der Waals surface area contributed by atoms with Crippen LogP contribution in [0.5, 0.6) is 0 Å². The van der Waals surface area contributed by atoms with Gasteiger partial charge in [0.1, 0.15) is 6.04 Å². The molecule has 1 unspecified atom stereocenters. The van der Waals surface area contributed by atoms with E-state index in [0.29, 0.717) is 5.69 Å². The van der Waals surface area contributed by atoms with Crippen molar-refractivity contribution in [3.8, 4) is 0 Å². The number of thiazole rings is 1. The van der Waals surface area contributed by atoms with Gasteiger partial charge < -0.3 is 16.2 Å². The number of rotatable bonds is 5. The first kappa shape index (κ1) is 11.3. The Morgan fingerprint density at radius 2 is 2.50 bits per heavy atom. The molecule has 0 bridgehead atoms. The van der Waals surface area contributed by atoms with Gasteiger partial charge >= 0.3 is 5.97 Å². The number of hydrogen-bond donors (Lipinski definition) is 3. The molecule has 0 spiro atoms. The Morgan fingerprint density at radius 1 is 1.75 bits per heavy atom. The Balaban J connectivity index is 1.88. The summed E-state index contributed by atoms with van der Waals surface area (Å²) in [4.78, 5) is 14.8. The molecular formula is C10H15N3O2S. The van der Waals surface area contributed by atoms with Crippen molar-refractivity contribution in [2.45, 2.75) is 25.3 Å². The van der Waals surface area contributed by atoms with E-state index in [0.717, 1.165) is 17.6 Å². The van der Waals surface area contributed by atoms with E-state index in [-0.39, 0.29) is 0 Å². The minimum Gasteiger partial charge on any atom is -0.480 e. The average Bonchev–Trinajstić information content (AvgIpc) is 2.62. The number of nitrogens with zero attached hydrogens (tertiary/aromatic N) is 1. The highest BCUT2D eigenvalue weighted by atomic mass is 32.1. The van der Waals surface area contributed by atoms with Gasteiger partial charge in [-0.2, -0.15) is 0 Å². The lowest BCUT2D eigenvalue weighted by molar-refractivity contribution is -0.138. The SMILES string of the molecule is NC(C(=O)O)c1csc(NCC2CCC2)n1. The highest BCUT2D eigenvalue weighted by molar-refractivity contribution is 7.13. The molecule has 2 rings (SSSR count). The van der Waals surface area contributed by atoms with Gasteiger partial charge in [-0.05, 0) is 18.8 Å². The molecule has 1 atom stereocenters. The second-order valence-electron chi connectivity index (χ2n) is 4.07. The molecule has 0 saturated heterocycles. The van der Waals surface area contributed by atoms with Crippen molar-refractivity contribution >= 4 is 22.4 Å². The van der Waals surface area contributed by atoms with Crippen LogP contribution in [0.2, 0.25) is 0 Å². The third kappa shape index (κ3) is 2.51. The molecule has 1 fully saturated rings. The normalized spacial score (nSPS) is 17.8. The number of aliphatic carboxylic acids is 1. The van der Waals surface area contributed by atoms with Crippen LogP contribution in [0.1, 0.15) is 31.0 Å². The summed E-state index contributed by atoms with van der Waals surface area (Å²) in [5.74, 6) is -0.295. The lowest BCUT2D eigenvalue weighted by Gasteiger charge is -2.25. The fourth-order valence-electron chi connectivity index (χ4n) is 1.57. The number of carboxylic acids is 1. The molecule has 6 heteroatoms.